The number of phosphoric ester groups is 1. The van der Waals surface area contributed by atoms with Gasteiger partial charge in [-0.05, 0) is 24.6 Å². The van der Waals surface area contributed by atoms with Gasteiger partial charge in [-0.25, -0.2) is 18.5 Å². The Hall–Kier alpha value is -3.90. The molecule has 16 nitrogen and oxygen atoms in total. The number of hydrogen-bond donors (Lipinski definition) is 4. The first-order valence-corrected chi connectivity index (χ1v) is 22.2. The number of methoxy groups -OCH3 is 1. The van der Waals surface area contributed by atoms with Gasteiger partial charge in [0.2, 0.25) is 5.60 Å². The third kappa shape index (κ3) is 11.3. The molecule has 1 saturated heterocycles. The first kappa shape index (κ1) is 46.2. The van der Waals surface area contributed by atoms with Crippen molar-refractivity contribution in [2.75, 3.05) is 32.7 Å². The highest BCUT2D eigenvalue weighted by Gasteiger charge is 2.83. The topological polar surface area (TPSA) is 237 Å². The highest BCUT2D eigenvalue weighted by molar-refractivity contribution is 7.47. The SMILES string of the molecule is CCCCCCCCCCCCCCCCCCOC[C@H](COP(=O)(O)OC1[C@H]2O[C@@](C#N)(c3ccc4c(N)ncnn34)[C@H](O)[C@@]12O)Oc1cc(OC)c(C#N)cc1F. The van der Waals surface area contributed by atoms with Gasteiger partial charge in [0.25, 0.3) is 0 Å². The van der Waals surface area contributed by atoms with Crippen molar-refractivity contribution in [3.05, 3.63) is 47.7 Å². The number of hydrogen-bond acceptors (Lipinski definition) is 14. The third-order valence-electron chi connectivity index (χ3n) is 11.0. The van der Waals surface area contributed by atoms with Gasteiger partial charge in [0.15, 0.2) is 23.0 Å². The highest BCUT2D eigenvalue weighted by Crippen LogP contribution is 2.63. The van der Waals surface area contributed by atoms with Crippen LogP contribution in [0.2, 0.25) is 0 Å². The number of anilines is 1. The Morgan fingerprint density at radius 1 is 0.983 bits per heavy atom. The lowest BCUT2D eigenvalue weighted by Crippen LogP contribution is -2.47. The van der Waals surface area contributed by atoms with Crippen molar-refractivity contribution in [3.63, 3.8) is 0 Å². The second-order valence-electron chi connectivity index (χ2n) is 15.3. The van der Waals surface area contributed by atoms with E-state index in [-0.39, 0.29) is 35.2 Å². The molecule has 3 heterocycles. The fourth-order valence-corrected chi connectivity index (χ4v) is 8.59. The Balaban J connectivity index is 1.08. The van der Waals surface area contributed by atoms with E-state index >= 15 is 0 Å². The van der Waals surface area contributed by atoms with E-state index in [1.54, 1.807) is 0 Å². The number of benzene rings is 1. The average molecular weight is 845 g/mol. The standard InChI is InChI=1S/C41H58FN6O10P/c1-3-4-5-6-7-8-9-10-11-12-13-14-15-16-17-18-21-54-25-30(56-34-23-33(53-2)29(24-43)22-31(34)42)26-55-59(51,52)58-37-36-41(37,50)39(49)40(27-44,57-36)35-20-19-32-38(45)46-28-47-48(32)35/h19-20,22-23,28,30,36-37,39,49-50H,3-18,21,25-26H2,1-2H3,(H,51,52)(H2,45,46,47)/t30-,36-,37?,39+,40+,41+/m1/s1. The molecular weight excluding hydrogens is 786 g/mol. The van der Waals surface area contributed by atoms with Crippen molar-refractivity contribution in [1.82, 2.24) is 14.6 Å². The molecule has 0 bridgehead atoms. The van der Waals surface area contributed by atoms with E-state index in [1.165, 1.54) is 107 Å². The molecule has 1 aromatic carbocycles. The lowest BCUT2D eigenvalue weighted by Gasteiger charge is -2.29. The van der Waals surface area contributed by atoms with Gasteiger partial charge in [0, 0.05) is 12.7 Å². The first-order chi connectivity index (χ1) is 28.5. The monoisotopic (exact) mass is 844 g/mol. The minimum Gasteiger partial charge on any atom is -0.495 e. The molecule has 2 aliphatic rings. The average Bonchev–Trinajstić information content (AvgIpc) is 3.45. The van der Waals surface area contributed by atoms with E-state index in [9.17, 15) is 34.6 Å². The van der Waals surface area contributed by atoms with E-state index in [2.05, 4.69) is 17.0 Å². The summed E-state index contributed by atoms with van der Waals surface area (Å²) in [5.74, 6) is -1.03. The summed E-state index contributed by atoms with van der Waals surface area (Å²) in [5.41, 5.74) is 1.81. The predicted molar refractivity (Wildman–Crippen MR) is 214 cm³/mol. The number of aliphatic hydroxyl groups excluding tert-OH is 1. The van der Waals surface area contributed by atoms with Gasteiger partial charge in [-0.2, -0.15) is 15.6 Å². The van der Waals surface area contributed by atoms with E-state index in [0.717, 1.165) is 38.1 Å². The maximum absolute atomic E-state index is 15.0. The van der Waals surface area contributed by atoms with Crippen LogP contribution in [0.4, 0.5) is 10.2 Å². The zero-order valence-corrected chi connectivity index (χ0v) is 34.9. The molecule has 1 aliphatic heterocycles. The summed E-state index contributed by atoms with van der Waals surface area (Å²) in [6, 6.07) is 8.81. The molecule has 59 heavy (non-hydrogen) atoms. The zero-order chi connectivity index (χ0) is 42.5. The van der Waals surface area contributed by atoms with Crippen LogP contribution in [0.3, 0.4) is 0 Å². The second kappa shape index (κ2) is 21.6. The highest BCUT2D eigenvalue weighted by atomic mass is 31.2. The summed E-state index contributed by atoms with van der Waals surface area (Å²) in [6.45, 7) is 1.80. The van der Waals surface area contributed by atoms with Gasteiger partial charge >= 0.3 is 7.82 Å². The van der Waals surface area contributed by atoms with Gasteiger partial charge in [0.05, 0.1) is 31.6 Å². The normalized spacial score (nSPS) is 23.6. The molecule has 0 radical (unpaired) electrons. The molecule has 324 valence electrons. The van der Waals surface area contributed by atoms with Crippen LogP contribution in [-0.4, -0.2) is 86.7 Å². The van der Waals surface area contributed by atoms with Gasteiger partial charge < -0.3 is 39.8 Å². The molecule has 0 spiro atoms. The summed E-state index contributed by atoms with van der Waals surface area (Å²) < 4.78 is 62.6. The lowest BCUT2D eigenvalue weighted by molar-refractivity contribution is -0.106. The van der Waals surface area contributed by atoms with Crippen molar-refractivity contribution in [1.29, 1.82) is 10.5 Å². The maximum atomic E-state index is 15.0. The predicted octanol–water partition coefficient (Wildman–Crippen LogP) is 6.78. The number of unbranched alkanes of at least 4 members (excludes halogenated alkanes) is 15. The number of aliphatic hydroxyl groups is 2. The van der Waals surface area contributed by atoms with Gasteiger partial charge in [-0.3, -0.25) is 9.05 Å². The van der Waals surface area contributed by atoms with Crippen molar-refractivity contribution in [2.45, 2.75) is 145 Å². The summed E-state index contributed by atoms with van der Waals surface area (Å²) in [6.07, 6.45) is 14.8. The fourth-order valence-electron chi connectivity index (χ4n) is 7.60. The Bertz CT molecular complexity index is 1960. The summed E-state index contributed by atoms with van der Waals surface area (Å²) in [5, 5.41) is 46.2. The smallest absolute Gasteiger partial charge is 0.472 e. The molecule has 2 aromatic heterocycles. The number of nitrogens with zero attached hydrogens (tertiary/aromatic N) is 5. The molecule has 0 amide bonds. The minimum absolute atomic E-state index is 0.0469. The van der Waals surface area contributed by atoms with E-state index in [4.69, 9.17) is 33.7 Å². The van der Waals surface area contributed by atoms with E-state index in [1.807, 2.05) is 12.1 Å². The quantitative estimate of drug-likeness (QED) is 0.0435. The molecule has 18 heteroatoms. The van der Waals surface area contributed by atoms with Gasteiger partial charge in [-0.1, -0.05) is 103 Å². The Morgan fingerprint density at radius 3 is 2.17 bits per heavy atom. The molecule has 1 aliphatic carbocycles. The van der Waals surface area contributed by atoms with Crippen LogP contribution in [0, 0.1) is 28.5 Å². The number of aromatic nitrogens is 3. The lowest BCUT2D eigenvalue weighted by atomic mass is 9.90. The largest absolute Gasteiger partial charge is 0.495 e. The summed E-state index contributed by atoms with van der Waals surface area (Å²) in [4.78, 5) is 14.6. The van der Waals surface area contributed by atoms with Crippen LogP contribution >= 0.6 is 7.82 Å². The van der Waals surface area contributed by atoms with Crippen LogP contribution in [-0.2, 0) is 28.7 Å². The number of halogens is 1. The van der Waals surface area contributed by atoms with Crippen molar-refractivity contribution in [2.24, 2.45) is 0 Å². The summed E-state index contributed by atoms with van der Waals surface area (Å²) >= 11 is 0. The Morgan fingerprint density at radius 2 is 1.61 bits per heavy atom. The Labute approximate surface area is 344 Å². The molecule has 5 N–H and O–H groups in total. The van der Waals surface area contributed by atoms with Crippen molar-refractivity contribution in [3.8, 4) is 23.6 Å². The molecule has 2 unspecified atom stereocenters. The number of nitrogens with two attached hydrogens (primary N) is 1. The zero-order valence-electron chi connectivity index (χ0n) is 34.0. The number of nitriles is 2. The van der Waals surface area contributed by atoms with E-state index < -0.39 is 55.9 Å². The first-order valence-electron chi connectivity index (χ1n) is 20.7. The minimum atomic E-state index is -5.02. The molecule has 7 atom stereocenters. The van der Waals surface area contributed by atoms with Crippen LogP contribution < -0.4 is 15.2 Å². The third-order valence-corrected chi connectivity index (χ3v) is 12.0. The van der Waals surface area contributed by atoms with Crippen LogP contribution in [0.1, 0.15) is 121 Å². The molecule has 2 fully saturated rings. The van der Waals surface area contributed by atoms with Crippen LogP contribution in [0.15, 0.2) is 30.6 Å². The summed E-state index contributed by atoms with van der Waals surface area (Å²) in [7, 11) is -3.70. The van der Waals surface area contributed by atoms with Crippen molar-refractivity contribution >= 4 is 19.2 Å². The Kier molecular flexibility index (Phi) is 16.9. The fraction of sp³-hybridized carbons (Fsp3) is 0.659. The van der Waals surface area contributed by atoms with Crippen LogP contribution in [0.25, 0.3) is 5.52 Å². The number of nitrogen functional groups attached to an aromatic ring is 1. The molecule has 3 aromatic rings. The van der Waals surface area contributed by atoms with Gasteiger partial charge in [0.1, 0.15) is 54.1 Å². The number of phosphoric acid groups is 1. The second-order valence-corrected chi connectivity index (χ2v) is 16.7. The molecule has 1 saturated carbocycles. The molecular formula is C41H58FN6O10P. The van der Waals surface area contributed by atoms with E-state index in [0.29, 0.717) is 12.1 Å². The molecule has 5 rings (SSSR count). The van der Waals surface area contributed by atoms with Crippen molar-refractivity contribution < 1.29 is 52.1 Å². The number of ether oxygens (including phenoxy) is 4. The number of fused-ring (bicyclic) bond motifs is 2. The number of rotatable bonds is 28. The van der Waals surface area contributed by atoms with Gasteiger partial charge in [-0.15, -0.1) is 0 Å². The maximum Gasteiger partial charge on any atom is 0.472 e. The van der Waals surface area contributed by atoms with Crippen LogP contribution in [0.5, 0.6) is 11.5 Å².